The van der Waals surface area contributed by atoms with E-state index in [0.717, 1.165) is 92.9 Å². The largest absolute Gasteiger partial charge is 0.391 e. The van der Waals surface area contributed by atoms with Crippen molar-refractivity contribution in [3.8, 4) is 0 Å². The van der Waals surface area contributed by atoms with Crippen molar-refractivity contribution >= 4 is 0 Å². The fourth-order valence-electron chi connectivity index (χ4n) is 29.0. The lowest BCUT2D eigenvalue weighted by atomic mass is 9.44. The van der Waals surface area contributed by atoms with E-state index < -0.39 is 0 Å². The van der Waals surface area contributed by atoms with Gasteiger partial charge in [-0.15, -0.1) is 0 Å². The van der Waals surface area contributed by atoms with Crippen LogP contribution in [0.25, 0.3) is 0 Å². The predicted molar refractivity (Wildman–Crippen MR) is 351 cm³/mol. The Bertz CT molecular complexity index is 2480. The monoisotopic (exact) mass is 1240 g/mol. The molecule has 0 aromatic rings. The second-order valence-corrected chi connectivity index (χ2v) is 37.3. The Morgan fingerprint density at radius 2 is 0.618 bits per heavy atom. The highest BCUT2D eigenvalue weighted by molar-refractivity contribution is 5.19. The first-order valence-corrected chi connectivity index (χ1v) is 39.2. The van der Waals surface area contributed by atoms with Crippen molar-refractivity contribution in [2.45, 2.75) is 301 Å². The maximum Gasteiger partial charge on any atom is 0.0847 e. The molecule has 504 valence electrons. The zero-order valence-corrected chi connectivity index (χ0v) is 57.1. The fraction of sp³-hybridized carbons (Fsp3) is 1.00. The molecule has 5 N–H and O–H groups in total. The molecule has 0 amide bonds. The third-order valence-electron chi connectivity index (χ3n) is 34.2. The van der Waals surface area contributed by atoms with Crippen LogP contribution in [0.2, 0.25) is 0 Å². The van der Waals surface area contributed by atoms with Crippen LogP contribution in [0.15, 0.2) is 0 Å². The summed E-state index contributed by atoms with van der Waals surface area (Å²) in [5.41, 5.74) is 1.63. The summed E-state index contributed by atoms with van der Waals surface area (Å²) in [6.45, 7) is 28.4. The summed E-state index contributed by atoms with van der Waals surface area (Å²) in [5, 5.41) is 56.7. The second-order valence-electron chi connectivity index (χ2n) is 37.3. The van der Waals surface area contributed by atoms with Gasteiger partial charge in [-0.2, -0.15) is 0 Å². The molecule has 0 spiro atoms. The molecule has 18 fully saturated rings. The van der Waals surface area contributed by atoms with Gasteiger partial charge in [0.25, 0.3) is 0 Å². The Hall–Kier alpha value is -0.480. The number of hydrogen-bond donors (Lipinski definition) is 5. The van der Waals surface area contributed by atoms with Crippen molar-refractivity contribution in [2.75, 3.05) is 78.7 Å². The molecule has 0 aromatic carbocycles. The summed E-state index contributed by atoms with van der Waals surface area (Å²) in [4.78, 5) is 13.1. The highest BCUT2D eigenvalue weighted by Gasteiger charge is 2.68. The van der Waals surface area contributed by atoms with Crippen LogP contribution in [0.4, 0.5) is 0 Å². The Morgan fingerprint density at radius 3 is 0.978 bits per heavy atom. The lowest BCUT2D eigenvalue weighted by Gasteiger charge is -2.62. The lowest BCUT2D eigenvalue weighted by molar-refractivity contribution is -0.158. The molecule has 11 unspecified atom stereocenters. The van der Waals surface area contributed by atoms with E-state index >= 15 is 0 Å². The smallest absolute Gasteiger partial charge is 0.0847 e. The van der Waals surface area contributed by atoms with Crippen LogP contribution in [0.5, 0.6) is 0 Å². The number of ether oxygens (including phenoxy) is 2. The van der Waals surface area contributed by atoms with Crippen LogP contribution < -0.4 is 0 Å². The molecule has 18 aliphatic rings. The van der Waals surface area contributed by atoms with Crippen LogP contribution in [0, 0.1) is 104 Å². The number of nitrogens with zero attached hydrogens (tertiary/aromatic N) is 5. The fourth-order valence-corrected chi connectivity index (χ4v) is 29.0. The Morgan fingerprint density at radius 1 is 0.303 bits per heavy atom. The Labute approximate surface area is 539 Å². The molecular formula is C77H129N5O7. The molecule has 6 saturated heterocycles. The van der Waals surface area contributed by atoms with E-state index in [1.807, 2.05) is 0 Å². The van der Waals surface area contributed by atoms with Crippen molar-refractivity contribution in [3.63, 3.8) is 0 Å². The number of hydrogen-bond acceptors (Lipinski definition) is 12. The second kappa shape index (κ2) is 23.9. The molecule has 6 heterocycles. The van der Waals surface area contributed by atoms with Crippen LogP contribution >= 0.6 is 0 Å². The van der Waals surface area contributed by atoms with Crippen LogP contribution in [-0.2, 0) is 9.47 Å². The quantitative estimate of drug-likeness (QED) is 0.168. The minimum Gasteiger partial charge on any atom is -0.391 e. The summed E-state index contributed by atoms with van der Waals surface area (Å²) in [5.74, 6) is 9.24. The average molecular weight is 1240 g/mol. The maximum absolute atomic E-state index is 11.5. The number of morpholine rings is 1. The third-order valence-corrected chi connectivity index (χ3v) is 34.2. The normalized spacial score (nSPS) is 57.1. The van der Waals surface area contributed by atoms with Gasteiger partial charge in [0.2, 0.25) is 0 Å². The topological polar surface area (TPSA) is 139 Å². The summed E-state index contributed by atoms with van der Waals surface area (Å²) < 4.78 is 11.6. The van der Waals surface area contributed by atoms with Gasteiger partial charge in [0.15, 0.2) is 0 Å². The number of fused-ring (bicyclic) bond motifs is 16. The molecule has 12 saturated carbocycles. The van der Waals surface area contributed by atoms with Crippen LogP contribution in [0.3, 0.4) is 0 Å². The summed E-state index contributed by atoms with van der Waals surface area (Å²) in [6, 6.07) is 1.94. The molecule has 30 atom stereocenters. The molecule has 12 heteroatoms. The van der Waals surface area contributed by atoms with Gasteiger partial charge in [0.05, 0.1) is 55.9 Å². The molecule has 18 rings (SSSR count). The van der Waals surface area contributed by atoms with E-state index in [1.165, 1.54) is 219 Å². The molecule has 6 aliphatic heterocycles. The van der Waals surface area contributed by atoms with Gasteiger partial charge in [-0.3, -0.25) is 24.5 Å². The van der Waals surface area contributed by atoms with Gasteiger partial charge in [-0.25, -0.2) is 0 Å². The predicted octanol–water partition coefficient (Wildman–Crippen LogP) is 10.9. The van der Waals surface area contributed by atoms with Gasteiger partial charge in [-0.1, -0.05) is 41.5 Å². The van der Waals surface area contributed by atoms with E-state index in [4.69, 9.17) is 9.47 Å². The number of likely N-dealkylation sites (tertiary alicyclic amines) is 4. The molecule has 0 radical (unpaired) electrons. The number of epoxide rings is 1. The maximum atomic E-state index is 11.5. The minimum atomic E-state index is -0.176. The molecule has 12 aliphatic carbocycles. The Kier molecular flexibility index (Phi) is 17.0. The van der Waals surface area contributed by atoms with E-state index in [1.54, 1.807) is 0 Å². The van der Waals surface area contributed by atoms with Gasteiger partial charge in [-0.05, 0) is 342 Å². The van der Waals surface area contributed by atoms with Crippen molar-refractivity contribution in [3.05, 3.63) is 0 Å². The zero-order chi connectivity index (χ0) is 61.1. The van der Waals surface area contributed by atoms with Crippen LogP contribution in [0.1, 0.15) is 228 Å². The first-order valence-electron chi connectivity index (χ1n) is 39.2. The number of aliphatic hydroxyl groups is 5. The molecule has 0 bridgehead atoms. The lowest BCUT2D eigenvalue weighted by Crippen LogP contribution is -2.61. The summed E-state index contributed by atoms with van der Waals surface area (Å²) in [6.07, 6.45) is 37.5. The first-order chi connectivity index (χ1) is 42.8. The van der Waals surface area contributed by atoms with E-state index in [2.05, 4.69) is 66.0 Å². The highest BCUT2D eigenvalue weighted by Crippen LogP contribution is 2.71. The third kappa shape index (κ3) is 10.3. The van der Waals surface area contributed by atoms with Gasteiger partial charge < -0.3 is 35.0 Å². The van der Waals surface area contributed by atoms with Crippen molar-refractivity contribution < 1.29 is 35.0 Å². The Balaban J connectivity index is 0.000000108. The van der Waals surface area contributed by atoms with Crippen molar-refractivity contribution in [1.82, 2.24) is 24.5 Å². The number of rotatable bonds is 5. The summed E-state index contributed by atoms with van der Waals surface area (Å²) in [7, 11) is 0. The van der Waals surface area contributed by atoms with E-state index in [-0.39, 0.29) is 46.8 Å². The van der Waals surface area contributed by atoms with Gasteiger partial charge in [0.1, 0.15) is 0 Å². The van der Waals surface area contributed by atoms with Crippen molar-refractivity contribution in [1.29, 1.82) is 0 Å². The highest BCUT2D eigenvalue weighted by atomic mass is 16.6. The summed E-state index contributed by atoms with van der Waals surface area (Å²) >= 11 is 0. The minimum absolute atomic E-state index is 0.0976. The molecule has 89 heavy (non-hydrogen) atoms. The molecular weight excluding hydrogens is 1110 g/mol. The molecule has 0 aromatic heterocycles. The first kappa shape index (κ1) is 63.3. The van der Waals surface area contributed by atoms with Gasteiger partial charge in [0, 0.05) is 43.3 Å². The van der Waals surface area contributed by atoms with Crippen LogP contribution in [-0.4, -0.2) is 202 Å². The zero-order valence-electron chi connectivity index (χ0n) is 57.1. The van der Waals surface area contributed by atoms with Gasteiger partial charge >= 0.3 is 0 Å². The SMILES string of the molecule is C[C@]12CCC3C(CC[C@H]4C[C@H](O)[C@@H](N5CCCC5)C[C@]34C)C1C[C@H](N1CCCC1)[C@@H]2O.C[C@]12C[C@H](N3CCOCC3)[C@@H](O)CC1CCC1C2CC[C@@]2(C)C1C[C@@H](N1CCCC1)[C@@H]2O.C[C@]12C[C@H]3O[C@H]3CC1CCC1C2CC[C@@]2(C)C1C[C@@H](N1CCCC1)[C@@H]2O. The number of aliphatic hydroxyl groups excluding tert-OH is 5. The van der Waals surface area contributed by atoms with Crippen molar-refractivity contribution in [2.24, 2.45) is 104 Å². The average Bonchev–Trinajstić information content (AvgIpc) is 1.69. The standard InChI is InChI=1S/C27H46N2O3.C27H46N2O2.C23H37NO2/c1-26-8-7-20-19(21(26)16-22(25(26)31)28-9-3-4-10-28)6-5-18-15-24(30)23(17-27(18,20)2)29-11-13-32-14-12-29;1-26-10-9-20-19(21(26)16-22(25(26)31)28-11-3-4-12-28)8-7-18-15-24(30)23(17-27(18,20)2)29-13-5-6-14-29;1-22-8-7-16-15(6-5-14-11-19-20(26-19)13-23(14,16)2)17(22)12-18(21(22)25)24-9-3-4-10-24/h18-25,30-31H,3-17H2,1-2H3;18-25,30-31H,3-17H2,1-2H3;14-21,25H,3-13H2,1-2H3/t18?,19?,20?,21?,22-,23+,24+,25+,26+,27+;18-,19?,20?,21?,22-,23-,24-,25-,26-,27-;14?,15?,16?,17?,18-,19+,20-,21+,22+,23+/m101/s1. The van der Waals surface area contributed by atoms with E-state index in [0.29, 0.717) is 82.3 Å². The van der Waals surface area contributed by atoms with E-state index in [9.17, 15) is 25.5 Å². The molecule has 12 nitrogen and oxygen atoms in total.